The lowest BCUT2D eigenvalue weighted by Gasteiger charge is -2.21. The Balaban J connectivity index is 3.01. The Morgan fingerprint density at radius 2 is 2.19 bits per heavy atom. The van der Waals surface area contributed by atoms with Gasteiger partial charge in [0.05, 0.1) is 5.69 Å². The SMILES string of the molecule is CNCCN(C(=O)O)c1cccc(O)c1C. The molecule has 0 aromatic heterocycles. The van der Waals surface area contributed by atoms with Gasteiger partial charge in [0.1, 0.15) is 5.75 Å². The highest BCUT2D eigenvalue weighted by Crippen LogP contribution is 2.27. The highest BCUT2D eigenvalue weighted by molar-refractivity contribution is 5.87. The van der Waals surface area contributed by atoms with Gasteiger partial charge in [0.15, 0.2) is 0 Å². The minimum atomic E-state index is -1.02. The Kier molecular flexibility index (Phi) is 4.13. The number of likely N-dealkylation sites (N-methyl/N-ethyl adjacent to an activating group) is 1. The molecule has 0 atom stereocenters. The van der Waals surface area contributed by atoms with E-state index in [4.69, 9.17) is 5.11 Å². The number of aromatic hydroxyl groups is 1. The van der Waals surface area contributed by atoms with Gasteiger partial charge >= 0.3 is 6.09 Å². The highest BCUT2D eigenvalue weighted by Gasteiger charge is 2.16. The molecule has 0 unspecified atom stereocenters. The number of carbonyl (C=O) groups is 1. The maximum absolute atomic E-state index is 11.1. The zero-order valence-electron chi connectivity index (χ0n) is 9.40. The van der Waals surface area contributed by atoms with Crippen molar-refractivity contribution < 1.29 is 15.0 Å². The molecule has 88 valence electrons. The Bertz CT molecular complexity index is 379. The minimum absolute atomic E-state index is 0.105. The molecule has 0 aliphatic carbocycles. The normalized spacial score (nSPS) is 10.1. The molecule has 1 aromatic carbocycles. The second-order valence-electron chi connectivity index (χ2n) is 3.46. The fourth-order valence-corrected chi connectivity index (χ4v) is 1.45. The van der Waals surface area contributed by atoms with Crippen molar-refractivity contribution in [1.82, 2.24) is 5.32 Å². The van der Waals surface area contributed by atoms with E-state index < -0.39 is 6.09 Å². The van der Waals surface area contributed by atoms with Crippen LogP contribution < -0.4 is 10.2 Å². The van der Waals surface area contributed by atoms with Crippen LogP contribution in [0, 0.1) is 6.92 Å². The first kappa shape index (κ1) is 12.3. The molecular formula is C11H16N2O3. The molecule has 0 fully saturated rings. The number of anilines is 1. The number of phenols is 1. The quantitative estimate of drug-likeness (QED) is 0.723. The number of nitrogens with one attached hydrogen (secondary N) is 1. The van der Waals surface area contributed by atoms with Gasteiger partial charge in [0.2, 0.25) is 0 Å². The zero-order valence-corrected chi connectivity index (χ0v) is 9.40. The van der Waals surface area contributed by atoms with Gasteiger partial charge in [-0.25, -0.2) is 4.79 Å². The first-order valence-electron chi connectivity index (χ1n) is 5.01. The van der Waals surface area contributed by atoms with Crippen LogP contribution in [-0.4, -0.2) is 36.4 Å². The van der Waals surface area contributed by atoms with Crippen LogP contribution >= 0.6 is 0 Å². The van der Waals surface area contributed by atoms with Crippen molar-refractivity contribution in [2.24, 2.45) is 0 Å². The molecule has 3 N–H and O–H groups in total. The summed E-state index contributed by atoms with van der Waals surface area (Å²) in [7, 11) is 1.76. The second-order valence-corrected chi connectivity index (χ2v) is 3.46. The number of amides is 1. The fourth-order valence-electron chi connectivity index (χ4n) is 1.45. The highest BCUT2D eigenvalue weighted by atomic mass is 16.4. The van der Waals surface area contributed by atoms with Gasteiger partial charge in [-0.15, -0.1) is 0 Å². The van der Waals surface area contributed by atoms with E-state index >= 15 is 0 Å². The van der Waals surface area contributed by atoms with Crippen molar-refractivity contribution >= 4 is 11.8 Å². The lowest BCUT2D eigenvalue weighted by molar-refractivity contribution is 0.202. The van der Waals surface area contributed by atoms with E-state index in [0.717, 1.165) is 0 Å². The molecule has 0 bridgehead atoms. The number of rotatable bonds is 4. The summed E-state index contributed by atoms with van der Waals surface area (Å²) >= 11 is 0. The smallest absolute Gasteiger partial charge is 0.411 e. The molecule has 0 heterocycles. The molecule has 1 amide bonds. The maximum atomic E-state index is 11.1. The topological polar surface area (TPSA) is 72.8 Å². The third-order valence-electron chi connectivity index (χ3n) is 2.38. The van der Waals surface area contributed by atoms with Crippen molar-refractivity contribution in [1.29, 1.82) is 0 Å². The molecule has 1 rings (SSSR count). The summed E-state index contributed by atoms with van der Waals surface area (Å²) < 4.78 is 0. The molecular weight excluding hydrogens is 208 g/mol. The van der Waals surface area contributed by atoms with E-state index in [-0.39, 0.29) is 5.75 Å². The molecule has 0 saturated heterocycles. The average molecular weight is 224 g/mol. The number of hydrogen-bond acceptors (Lipinski definition) is 3. The maximum Gasteiger partial charge on any atom is 0.411 e. The summed E-state index contributed by atoms with van der Waals surface area (Å²) in [4.78, 5) is 12.3. The number of phenolic OH excluding ortho intramolecular Hbond substituents is 1. The van der Waals surface area contributed by atoms with E-state index in [1.54, 1.807) is 26.1 Å². The molecule has 0 spiro atoms. The standard InChI is InChI=1S/C11H16N2O3/c1-8-9(4-3-5-10(8)14)13(11(15)16)7-6-12-2/h3-5,12,14H,6-7H2,1-2H3,(H,15,16). The van der Waals surface area contributed by atoms with Gasteiger partial charge in [0, 0.05) is 18.7 Å². The molecule has 1 aromatic rings. The van der Waals surface area contributed by atoms with Crippen molar-refractivity contribution in [3.8, 4) is 5.75 Å². The van der Waals surface area contributed by atoms with Crippen LogP contribution in [0.4, 0.5) is 10.5 Å². The first-order chi connectivity index (χ1) is 7.57. The van der Waals surface area contributed by atoms with Crippen LogP contribution in [0.1, 0.15) is 5.56 Å². The van der Waals surface area contributed by atoms with Crippen molar-refractivity contribution in [3.63, 3.8) is 0 Å². The van der Waals surface area contributed by atoms with Crippen molar-refractivity contribution in [2.75, 3.05) is 25.0 Å². The van der Waals surface area contributed by atoms with E-state index in [9.17, 15) is 9.90 Å². The summed E-state index contributed by atoms with van der Waals surface area (Å²) in [5.74, 6) is 0.105. The molecule has 0 saturated carbocycles. The van der Waals surface area contributed by atoms with Gasteiger partial charge in [-0.3, -0.25) is 4.90 Å². The molecule has 0 aliphatic rings. The number of benzene rings is 1. The first-order valence-corrected chi connectivity index (χ1v) is 5.01. The third-order valence-corrected chi connectivity index (χ3v) is 2.38. The summed E-state index contributed by atoms with van der Waals surface area (Å²) in [6, 6.07) is 4.85. The Morgan fingerprint density at radius 3 is 2.75 bits per heavy atom. The number of carboxylic acid groups (broad SMARTS) is 1. The van der Waals surface area contributed by atoms with Gasteiger partial charge in [0.25, 0.3) is 0 Å². The van der Waals surface area contributed by atoms with Crippen LogP contribution in [0.3, 0.4) is 0 Å². The van der Waals surface area contributed by atoms with Gasteiger partial charge in [-0.05, 0) is 26.1 Å². The van der Waals surface area contributed by atoms with Crippen LogP contribution in [0.15, 0.2) is 18.2 Å². The summed E-state index contributed by atoms with van der Waals surface area (Å²) in [5.41, 5.74) is 1.09. The molecule has 5 nitrogen and oxygen atoms in total. The van der Waals surface area contributed by atoms with Crippen molar-refractivity contribution in [3.05, 3.63) is 23.8 Å². The minimum Gasteiger partial charge on any atom is -0.508 e. The van der Waals surface area contributed by atoms with E-state index in [2.05, 4.69) is 5.32 Å². The number of hydrogen-bond donors (Lipinski definition) is 3. The van der Waals surface area contributed by atoms with Gasteiger partial charge in [-0.2, -0.15) is 0 Å². The predicted octanol–water partition coefficient (Wildman–Crippen LogP) is 1.40. The summed E-state index contributed by atoms with van der Waals surface area (Å²) in [6.45, 7) is 2.59. The van der Waals surface area contributed by atoms with Crippen LogP contribution in [-0.2, 0) is 0 Å². The second kappa shape index (κ2) is 5.37. The molecule has 0 radical (unpaired) electrons. The zero-order chi connectivity index (χ0) is 12.1. The molecule has 0 aliphatic heterocycles. The van der Waals surface area contributed by atoms with Gasteiger partial charge < -0.3 is 15.5 Å². The predicted molar refractivity (Wildman–Crippen MR) is 62.1 cm³/mol. The Hall–Kier alpha value is -1.75. The van der Waals surface area contributed by atoms with Crippen LogP contribution in [0.5, 0.6) is 5.75 Å². The van der Waals surface area contributed by atoms with E-state index in [1.165, 1.54) is 11.0 Å². The Morgan fingerprint density at radius 1 is 1.50 bits per heavy atom. The lowest BCUT2D eigenvalue weighted by atomic mass is 10.1. The van der Waals surface area contributed by atoms with Gasteiger partial charge in [-0.1, -0.05) is 6.07 Å². The molecule has 5 heteroatoms. The molecule has 16 heavy (non-hydrogen) atoms. The average Bonchev–Trinajstić information content (AvgIpc) is 2.24. The lowest BCUT2D eigenvalue weighted by Crippen LogP contribution is -2.35. The number of nitrogens with zero attached hydrogens (tertiary/aromatic N) is 1. The van der Waals surface area contributed by atoms with E-state index in [1.807, 2.05) is 0 Å². The van der Waals surface area contributed by atoms with E-state index in [0.29, 0.717) is 24.3 Å². The van der Waals surface area contributed by atoms with Crippen LogP contribution in [0.25, 0.3) is 0 Å². The largest absolute Gasteiger partial charge is 0.508 e. The Labute approximate surface area is 94.3 Å². The fraction of sp³-hybridized carbons (Fsp3) is 0.364. The summed E-state index contributed by atoms with van der Waals surface area (Å²) in [5, 5.41) is 21.5. The third kappa shape index (κ3) is 2.64. The summed E-state index contributed by atoms with van der Waals surface area (Å²) in [6.07, 6.45) is -1.02. The monoisotopic (exact) mass is 224 g/mol. The van der Waals surface area contributed by atoms with Crippen LogP contribution in [0.2, 0.25) is 0 Å². The van der Waals surface area contributed by atoms with Crippen molar-refractivity contribution in [2.45, 2.75) is 6.92 Å².